The minimum atomic E-state index is -3.93. The van der Waals surface area contributed by atoms with Gasteiger partial charge in [-0.15, -0.1) is 0 Å². The first kappa shape index (κ1) is 28.0. The van der Waals surface area contributed by atoms with E-state index in [9.17, 15) is 9.59 Å². The zero-order valence-electron chi connectivity index (χ0n) is 21.1. The molecular formula is C20H36O8Si6. The predicted molar refractivity (Wildman–Crippen MR) is 145 cm³/mol. The fourth-order valence-corrected chi connectivity index (χ4v) is 30.7. The zero-order chi connectivity index (χ0) is 25.5. The first-order valence-electron chi connectivity index (χ1n) is 11.2. The van der Waals surface area contributed by atoms with Gasteiger partial charge in [0, 0.05) is 10.4 Å². The Bertz CT molecular complexity index is 862. The maximum absolute atomic E-state index is 11.8. The lowest BCUT2D eigenvalue weighted by atomic mass is 10.4. The number of rotatable bonds is 2. The van der Waals surface area contributed by atoms with Crippen LogP contribution in [0.25, 0.3) is 0 Å². The normalized spacial score (nSPS) is 31.1. The van der Waals surface area contributed by atoms with Gasteiger partial charge in [0.2, 0.25) is 0 Å². The number of hydrogen-bond acceptors (Lipinski definition) is 8. The Labute approximate surface area is 209 Å². The third-order valence-corrected chi connectivity index (χ3v) is 27.1. The van der Waals surface area contributed by atoms with E-state index >= 15 is 0 Å². The largest absolute Gasteiger partial charge is 0.516 e. The van der Waals surface area contributed by atoms with Crippen molar-refractivity contribution in [3.63, 3.8) is 0 Å². The van der Waals surface area contributed by atoms with Gasteiger partial charge in [0.15, 0.2) is 0 Å². The molecule has 14 heteroatoms. The van der Waals surface area contributed by atoms with Crippen LogP contribution in [0.4, 0.5) is 0 Å². The highest BCUT2D eigenvalue weighted by Gasteiger charge is 2.58. The molecule has 2 aromatic carbocycles. The van der Waals surface area contributed by atoms with E-state index in [0.29, 0.717) is 10.4 Å². The van der Waals surface area contributed by atoms with Crippen LogP contribution in [0, 0.1) is 0 Å². The molecule has 1 aliphatic rings. The second kappa shape index (κ2) is 9.71. The van der Waals surface area contributed by atoms with Crippen molar-refractivity contribution in [3.05, 3.63) is 60.7 Å². The quantitative estimate of drug-likeness (QED) is 0.530. The van der Waals surface area contributed by atoms with Crippen LogP contribution < -0.4 is 10.4 Å². The van der Waals surface area contributed by atoms with Gasteiger partial charge in [0.25, 0.3) is 0 Å². The first-order chi connectivity index (χ1) is 15.5. The first-order valence-corrected chi connectivity index (χ1v) is 26.0. The molecule has 0 unspecified atom stereocenters. The van der Waals surface area contributed by atoms with Gasteiger partial charge in [-0.1, -0.05) is 60.7 Å². The summed E-state index contributed by atoms with van der Waals surface area (Å²) in [5, 5.41) is 1.16. The third-order valence-electron chi connectivity index (χ3n) is 4.80. The summed E-state index contributed by atoms with van der Waals surface area (Å²) in [6.45, 7) is 14.8. The van der Waals surface area contributed by atoms with E-state index in [-0.39, 0.29) is 0 Å². The van der Waals surface area contributed by atoms with Crippen LogP contribution in [-0.2, 0) is 24.7 Å². The molecule has 188 valence electrons. The van der Waals surface area contributed by atoms with Crippen LogP contribution in [0.2, 0.25) is 52.4 Å². The van der Waals surface area contributed by atoms with Gasteiger partial charge < -0.3 is 34.3 Å². The molecule has 0 amide bonds. The van der Waals surface area contributed by atoms with Crippen molar-refractivity contribution >= 4 is 62.2 Å². The molecule has 0 radical (unpaired) electrons. The van der Waals surface area contributed by atoms with Gasteiger partial charge in [-0.05, 0) is 52.4 Å². The lowest BCUT2D eigenvalue weighted by Crippen LogP contribution is -2.71. The molecule has 3 rings (SSSR count). The minimum absolute atomic E-state index is 0.580. The van der Waals surface area contributed by atoms with Gasteiger partial charge in [0.1, 0.15) is 0 Å². The summed E-state index contributed by atoms with van der Waals surface area (Å²) in [4.78, 5) is 23.7. The topological polar surface area (TPSA) is 95.8 Å². The van der Waals surface area contributed by atoms with E-state index in [1.54, 1.807) is 24.3 Å². The molecule has 8 nitrogen and oxygen atoms in total. The Balaban J connectivity index is 2.10. The van der Waals surface area contributed by atoms with Gasteiger partial charge in [-0.3, -0.25) is 0 Å². The molecule has 1 saturated heterocycles. The van der Waals surface area contributed by atoms with Crippen molar-refractivity contribution in [3.8, 4) is 0 Å². The highest BCUT2D eigenvalue weighted by Crippen LogP contribution is 2.29. The van der Waals surface area contributed by atoms with Crippen LogP contribution in [0.1, 0.15) is 0 Å². The SMILES string of the molecule is C[Si]1(C)O[Si](C)(C)O[Si](O)(c2ccccc2)O[Si](C)(C)O[Si](C)(C)O[Si](O)(c2ccccc2)O1. The van der Waals surface area contributed by atoms with Crippen molar-refractivity contribution < 1.29 is 34.3 Å². The molecule has 1 fully saturated rings. The third kappa shape index (κ3) is 7.23. The number of hydrogen-bond donors (Lipinski definition) is 2. The van der Waals surface area contributed by atoms with Crippen molar-refractivity contribution in [1.82, 2.24) is 0 Å². The maximum Gasteiger partial charge on any atom is 0.516 e. The molecule has 1 aliphatic heterocycles. The average molecular weight is 573 g/mol. The van der Waals surface area contributed by atoms with E-state index < -0.39 is 51.9 Å². The summed E-state index contributed by atoms with van der Waals surface area (Å²) in [6.07, 6.45) is 0. The average Bonchev–Trinajstić information content (AvgIpc) is 2.64. The Morgan fingerprint density at radius 2 is 0.647 bits per heavy atom. The molecule has 0 aromatic heterocycles. The van der Waals surface area contributed by atoms with Crippen LogP contribution in [-0.4, -0.2) is 61.4 Å². The highest BCUT2D eigenvalue weighted by molar-refractivity contribution is 6.96. The molecule has 1 heterocycles. The fraction of sp³-hybridized carbons (Fsp3) is 0.400. The van der Waals surface area contributed by atoms with Crippen molar-refractivity contribution in [2.75, 3.05) is 0 Å². The molecule has 2 N–H and O–H groups in total. The second-order valence-corrected chi connectivity index (χ2v) is 29.7. The number of benzene rings is 2. The van der Waals surface area contributed by atoms with Gasteiger partial charge in [-0.25, -0.2) is 0 Å². The zero-order valence-corrected chi connectivity index (χ0v) is 27.1. The molecule has 0 atom stereocenters. The summed E-state index contributed by atoms with van der Waals surface area (Å²) >= 11 is 0. The molecule has 0 saturated carbocycles. The van der Waals surface area contributed by atoms with E-state index in [2.05, 4.69) is 0 Å². The lowest BCUT2D eigenvalue weighted by Gasteiger charge is -2.45. The Kier molecular flexibility index (Phi) is 7.99. The molecule has 0 bridgehead atoms. The molecular weight excluding hydrogens is 537 g/mol. The summed E-state index contributed by atoms with van der Waals surface area (Å²) in [5.41, 5.74) is 0. The summed E-state index contributed by atoms with van der Waals surface area (Å²) < 4.78 is 38.6. The van der Waals surface area contributed by atoms with E-state index in [4.69, 9.17) is 24.7 Å². The molecule has 2 aromatic rings. The van der Waals surface area contributed by atoms with Gasteiger partial charge >= 0.3 is 51.9 Å². The van der Waals surface area contributed by atoms with E-state index in [1.165, 1.54) is 0 Å². The predicted octanol–water partition coefficient (Wildman–Crippen LogP) is 2.58. The summed E-state index contributed by atoms with van der Waals surface area (Å²) in [5.74, 6) is 0. The highest BCUT2D eigenvalue weighted by atomic mass is 28.5. The maximum atomic E-state index is 11.8. The Morgan fingerprint density at radius 3 is 0.882 bits per heavy atom. The minimum Gasteiger partial charge on any atom is -0.416 e. The molecule has 0 aliphatic carbocycles. The van der Waals surface area contributed by atoms with Crippen LogP contribution in [0.3, 0.4) is 0 Å². The summed E-state index contributed by atoms with van der Waals surface area (Å²) in [6, 6.07) is 18.3. The van der Waals surface area contributed by atoms with Crippen LogP contribution >= 0.6 is 0 Å². The Morgan fingerprint density at radius 1 is 0.412 bits per heavy atom. The van der Waals surface area contributed by atoms with Crippen molar-refractivity contribution in [2.24, 2.45) is 0 Å². The smallest absolute Gasteiger partial charge is 0.416 e. The van der Waals surface area contributed by atoms with Crippen molar-refractivity contribution in [1.29, 1.82) is 0 Å². The van der Waals surface area contributed by atoms with E-state index in [1.807, 2.05) is 88.8 Å². The standard InChI is InChI=1S/C20H36O8Si6/c1-29(2)23-30(3,4)26-34(22,20-17-13-10-14-18-20)28-32(7,8)24-31(5,6)27-33(21,25-29)19-15-11-9-12-16-19/h9-18,21-22H,1-8H3. The van der Waals surface area contributed by atoms with Gasteiger partial charge in [0.05, 0.1) is 0 Å². The Hall–Kier alpha value is -0.579. The molecule has 0 spiro atoms. The van der Waals surface area contributed by atoms with Crippen LogP contribution in [0.15, 0.2) is 60.7 Å². The lowest BCUT2D eigenvalue weighted by molar-refractivity contribution is 0.175. The summed E-state index contributed by atoms with van der Waals surface area (Å²) in [7, 11) is -20.0. The monoisotopic (exact) mass is 572 g/mol. The van der Waals surface area contributed by atoms with E-state index in [0.717, 1.165) is 0 Å². The fourth-order valence-electron chi connectivity index (χ4n) is 4.17. The van der Waals surface area contributed by atoms with Crippen LogP contribution in [0.5, 0.6) is 0 Å². The molecule has 34 heavy (non-hydrogen) atoms. The second-order valence-electron chi connectivity index (χ2n) is 10.1. The van der Waals surface area contributed by atoms with Gasteiger partial charge in [-0.2, -0.15) is 0 Å². The van der Waals surface area contributed by atoms with Crippen molar-refractivity contribution in [2.45, 2.75) is 52.4 Å².